The summed E-state index contributed by atoms with van der Waals surface area (Å²) in [5, 5.41) is 14.7. The van der Waals surface area contributed by atoms with Crippen molar-refractivity contribution in [1.29, 1.82) is 0 Å². The van der Waals surface area contributed by atoms with E-state index in [1.54, 1.807) is 42.6 Å². The van der Waals surface area contributed by atoms with Crippen molar-refractivity contribution in [2.24, 2.45) is 0 Å². The van der Waals surface area contributed by atoms with Crippen LogP contribution in [0.3, 0.4) is 0 Å². The van der Waals surface area contributed by atoms with Crippen molar-refractivity contribution in [2.45, 2.75) is 38.6 Å². The van der Waals surface area contributed by atoms with E-state index in [4.69, 9.17) is 5.11 Å². The zero-order chi connectivity index (χ0) is 19.9. The van der Waals surface area contributed by atoms with Crippen LogP contribution < -0.4 is 10.6 Å². The molecule has 0 atom stereocenters. The average molecular weight is 369 g/mol. The lowest BCUT2D eigenvalue weighted by Gasteiger charge is -2.31. The summed E-state index contributed by atoms with van der Waals surface area (Å²) in [5.74, 6) is -1.67. The number of benzene rings is 1. The molecule has 7 nitrogen and oxygen atoms in total. The number of carboxylic acid groups (broad SMARTS) is 1. The van der Waals surface area contributed by atoms with Gasteiger partial charge in [0.05, 0.1) is 17.5 Å². The summed E-state index contributed by atoms with van der Waals surface area (Å²) in [6.45, 7) is 3.69. The van der Waals surface area contributed by atoms with E-state index in [9.17, 15) is 14.4 Å². The summed E-state index contributed by atoms with van der Waals surface area (Å²) in [4.78, 5) is 39.9. The maximum Gasteiger partial charge on any atom is 0.305 e. The summed E-state index contributed by atoms with van der Waals surface area (Å²) < 4.78 is 0. The molecule has 0 aliphatic heterocycles. The lowest BCUT2D eigenvalue weighted by molar-refractivity contribution is -0.138. The topological polar surface area (TPSA) is 108 Å². The van der Waals surface area contributed by atoms with E-state index in [0.717, 1.165) is 0 Å². The number of amides is 2. The average Bonchev–Trinajstić information content (AvgIpc) is 2.67. The highest BCUT2D eigenvalue weighted by Gasteiger charge is 2.31. The molecule has 0 radical (unpaired) electrons. The first-order valence-electron chi connectivity index (χ1n) is 8.75. The van der Waals surface area contributed by atoms with Crippen molar-refractivity contribution >= 4 is 23.5 Å². The summed E-state index contributed by atoms with van der Waals surface area (Å²) >= 11 is 0. The van der Waals surface area contributed by atoms with E-state index in [1.807, 2.05) is 13.8 Å². The first-order chi connectivity index (χ1) is 12.9. The van der Waals surface area contributed by atoms with Gasteiger partial charge in [-0.2, -0.15) is 0 Å². The number of nitrogens with zero attached hydrogens (tertiary/aromatic N) is 1. The molecule has 0 saturated heterocycles. The van der Waals surface area contributed by atoms with E-state index >= 15 is 0 Å². The number of hydrogen-bond donors (Lipinski definition) is 3. The molecule has 1 heterocycles. The Balaban J connectivity index is 2.15. The van der Waals surface area contributed by atoms with E-state index in [2.05, 4.69) is 15.6 Å². The Morgan fingerprint density at radius 2 is 1.74 bits per heavy atom. The molecule has 0 unspecified atom stereocenters. The number of aromatic nitrogens is 1. The zero-order valence-electron chi connectivity index (χ0n) is 15.4. The number of rotatable bonds is 8. The predicted octanol–water partition coefficient (Wildman–Crippen LogP) is 3.10. The first-order valence-corrected chi connectivity index (χ1v) is 8.75. The fraction of sp³-hybridized carbons (Fsp3) is 0.300. The fourth-order valence-electron chi connectivity index (χ4n) is 2.76. The normalized spacial score (nSPS) is 10.9. The number of hydrogen-bond acceptors (Lipinski definition) is 4. The third kappa shape index (κ3) is 5.37. The van der Waals surface area contributed by atoms with Crippen molar-refractivity contribution in [2.75, 3.05) is 5.32 Å². The molecule has 7 heteroatoms. The molecule has 1 aromatic carbocycles. The van der Waals surface area contributed by atoms with Crippen LogP contribution in [0.1, 0.15) is 53.8 Å². The number of pyridine rings is 1. The van der Waals surface area contributed by atoms with Gasteiger partial charge in [-0.3, -0.25) is 19.4 Å². The van der Waals surface area contributed by atoms with Gasteiger partial charge in [0.15, 0.2) is 0 Å². The Hall–Kier alpha value is -3.22. The summed E-state index contributed by atoms with van der Waals surface area (Å²) in [6.07, 6.45) is 3.88. The van der Waals surface area contributed by atoms with Crippen molar-refractivity contribution in [3.63, 3.8) is 0 Å². The third-order valence-corrected chi connectivity index (χ3v) is 4.53. The third-order valence-electron chi connectivity index (χ3n) is 4.53. The highest BCUT2D eigenvalue weighted by atomic mass is 16.4. The number of carboxylic acids is 1. The summed E-state index contributed by atoms with van der Waals surface area (Å²) in [5.41, 5.74) is 0.409. The van der Waals surface area contributed by atoms with Crippen LogP contribution in [0.2, 0.25) is 0 Å². The second-order valence-corrected chi connectivity index (χ2v) is 6.29. The molecule has 142 valence electrons. The van der Waals surface area contributed by atoms with Gasteiger partial charge in [-0.15, -0.1) is 0 Å². The molecule has 0 aliphatic rings. The minimum absolute atomic E-state index is 0.150. The maximum absolute atomic E-state index is 12.6. The lowest BCUT2D eigenvalue weighted by Crippen LogP contribution is -2.49. The predicted molar refractivity (Wildman–Crippen MR) is 102 cm³/mol. The van der Waals surface area contributed by atoms with Gasteiger partial charge in [-0.1, -0.05) is 19.9 Å². The number of aliphatic carboxylic acids is 1. The van der Waals surface area contributed by atoms with Crippen LogP contribution in [0.5, 0.6) is 0 Å². The van der Waals surface area contributed by atoms with Crippen LogP contribution in [0, 0.1) is 0 Å². The van der Waals surface area contributed by atoms with Gasteiger partial charge in [-0.25, -0.2) is 0 Å². The van der Waals surface area contributed by atoms with Crippen molar-refractivity contribution in [3.8, 4) is 0 Å². The van der Waals surface area contributed by atoms with Crippen molar-refractivity contribution in [3.05, 3.63) is 59.9 Å². The van der Waals surface area contributed by atoms with Crippen LogP contribution in [0.25, 0.3) is 0 Å². The molecule has 1 aromatic heterocycles. The molecule has 2 aromatic rings. The monoisotopic (exact) mass is 369 g/mol. The van der Waals surface area contributed by atoms with Crippen LogP contribution in [-0.2, 0) is 4.79 Å². The highest BCUT2D eigenvalue weighted by Crippen LogP contribution is 2.21. The molecule has 27 heavy (non-hydrogen) atoms. The molecule has 0 aliphatic carbocycles. The van der Waals surface area contributed by atoms with Crippen molar-refractivity contribution in [1.82, 2.24) is 10.3 Å². The minimum Gasteiger partial charge on any atom is -0.481 e. The Morgan fingerprint density at radius 3 is 2.33 bits per heavy atom. The molecule has 0 spiro atoms. The number of carbonyl (C=O) groups is 3. The van der Waals surface area contributed by atoms with Gasteiger partial charge in [0.1, 0.15) is 0 Å². The fourth-order valence-corrected chi connectivity index (χ4v) is 2.76. The molecular formula is C20H23N3O4. The quantitative estimate of drug-likeness (QED) is 0.662. The molecule has 2 rings (SSSR count). The summed E-state index contributed by atoms with van der Waals surface area (Å²) in [7, 11) is 0. The van der Waals surface area contributed by atoms with Gasteiger partial charge >= 0.3 is 5.97 Å². The second kappa shape index (κ2) is 8.93. The summed E-state index contributed by atoms with van der Waals surface area (Å²) in [6, 6.07) is 9.81. The largest absolute Gasteiger partial charge is 0.481 e. The molecule has 3 N–H and O–H groups in total. The maximum atomic E-state index is 12.6. The molecule has 2 amide bonds. The standard InChI is InChI=1S/C20H23N3O4/c1-3-20(4-2,12-17(24)25)23-19(27)14-7-5-9-16(11-14)22-18(26)15-8-6-10-21-13-15/h5-11,13H,3-4,12H2,1-2H3,(H,22,26)(H,23,27)(H,24,25). The van der Waals surface area contributed by atoms with Crippen LogP contribution in [0.15, 0.2) is 48.8 Å². The van der Waals surface area contributed by atoms with Crippen LogP contribution >= 0.6 is 0 Å². The van der Waals surface area contributed by atoms with E-state index in [-0.39, 0.29) is 18.2 Å². The highest BCUT2D eigenvalue weighted by molar-refractivity contribution is 6.05. The van der Waals surface area contributed by atoms with Crippen LogP contribution in [0.4, 0.5) is 5.69 Å². The zero-order valence-corrected chi connectivity index (χ0v) is 15.4. The molecular weight excluding hydrogens is 346 g/mol. The van der Waals surface area contributed by atoms with Gasteiger partial charge in [-0.05, 0) is 43.2 Å². The SMILES string of the molecule is CCC(CC)(CC(=O)O)NC(=O)c1cccc(NC(=O)c2cccnc2)c1. The van der Waals surface area contributed by atoms with Gasteiger partial charge in [0.2, 0.25) is 0 Å². The van der Waals surface area contributed by atoms with E-state index in [1.165, 1.54) is 6.20 Å². The Kier molecular flexibility index (Phi) is 6.65. The molecule has 0 saturated carbocycles. The van der Waals surface area contributed by atoms with E-state index in [0.29, 0.717) is 29.7 Å². The van der Waals surface area contributed by atoms with Gasteiger partial charge in [0, 0.05) is 23.6 Å². The molecule has 0 fully saturated rings. The van der Waals surface area contributed by atoms with Gasteiger partial charge < -0.3 is 15.7 Å². The Morgan fingerprint density at radius 1 is 1.04 bits per heavy atom. The Bertz CT molecular complexity index is 817. The minimum atomic E-state index is -0.962. The van der Waals surface area contributed by atoms with Gasteiger partial charge in [0.25, 0.3) is 11.8 Å². The Labute approximate surface area is 157 Å². The number of nitrogens with one attached hydrogen (secondary N) is 2. The number of anilines is 1. The smallest absolute Gasteiger partial charge is 0.305 e. The van der Waals surface area contributed by atoms with E-state index < -0.39 is 11.5 Å². The second-order valence-electron chi connectivity index (χ2n) is 6.29. The molecule has 0 bridgehead atoms. The van der Waals surface area contributed by atoms with Crippen molar-refractivity contribution < 1.29 is 19.5 Å². The first kappa shape index (κ1) is 20.1. The van der Waals surface area contributed by atoms with Crippen LogP contribution in [-0.4, -0.2) is 33.4 Å². The lowest BCUT2D eigenvalue weighted by atomic mass is 9.88. The number of carbonyl (C=O) groups excluding carboxylic acids is 2.